The van der Waals surface area contributed by atoms with Crippen LogP contribution >= 0.6 is 0 Å². The third kappa shape index (κ3) is 3.46. The Morgan fingerprint density at radius 1 is 1.61 bits per heavy atom. The smallest absolute Gasteiger partial charge is 0.202 e. The minimum Gasteiger partial charge on any atom is -0.383 e. The molecule has 0 radical (unpaired) electrons. The van der Waals surface area contributed by atoms with Crippen LogP contribution in [0.4, 0.5) is 5.95 Å². The zero-order chi connectivity index (χ0) is 13.0. The molecule has 2 heterocycles. The van der Waals surface area contributed by atoms with E-state index in [1.54, 1.807) is 13.3 Å². The van der Waals surface area contributed by atoms with E-state index in [2.05, 4.69) is 10.3 Å². The van der Waals surface area contributed by atoms with Gasteiger partial charge in [0.2, 0.25) is 5.95 Å². The molecule has 102 valence electrons. The summed E-state index contributed by atoms with van der Waals surface area (Å²) in [5.41, 5.74) is 0. The molecule has 6 nitrogen and oxygen atoms in total. The van der Waals surface area contributed by atoms with Gasteiger partial charge in [0.25, 0.3) is 0 Å². The van der Waals surface area contributed by atoms with E-state index in [0.29, 0.717) is 31.2 Å². The molecular weight excluding hydrogens is 254 g/mol. The number of ether oxygens (including phenoxy) is 1. The van der Waals surface area contributed by atoms with E-state index in [9.17, 15) is 8.42 Å². The normalized spacial score (nSPS) is 22.2. The van der Waals surface area contributed by atoms with Gasteiger partial charge in [0.15, 0.2) is 9.84 Å². The molecular formula is C11H19N3O3S. The van der Waals surface area contributed by atoms with Crippen molar-refractivity contribution < 1.29 is 13.2 Å². The third-order valence-electron chi connectivity index (χ3n) is 3.09. The van der Waals surface area contributed by atoms with Gasteiger partial charge >= 0.3 is 0 Å². The Morgan fingerprint density at radius 3 is 3.11 bits per heavy atom. The van der Waals surface area contributed by atoms with Crippen LogP contribution in [0.15, 0.2) is 12.4 Å². The van der Waals surface area contributed by atoms with Gasteiger partial charge in [-0.25, -0.2) is 13.4 Å². The third-order valence-corrected chi connectivity index (χ3v) is 4.92. The fourth-order valence-electron chi connectivity index (χ4n) is 2.18. The molecule has 1 aromatic heterocycles. The highest BCUT2D eigenvalue weighted by molar-refractivity contribution is 7.91. The van der Waals surface area contributed by atoms with Crippen LogP contribution in [0.3, 0.4) is 0 Å². The van der Waals surface area contributed by atoms with Gasteiger partial charge in [-0.2, -0.15) is 0 Å². The largest absolute Gasteiger partial charge is 0.383 e. The van der Waals surface area contributed by atoms with Gasteiger partial charge in [0.1, 0.15) is 0 Å². The summed E-state index contributed by atoms with van der Waals surface area (Å²) < 4.78 is 29.8. The van der Waals surface area contributed by atoms with Crippen LogP contribution < -0.4 is 5.32 Å². The molecule has 0 bridgehead atoms. The van der Waals surface area contributed by atoms with Crippen molar-refractivity contribution >= 4 is 15.8 Å². The molecule has 1 aliphatic rings. The van der Waals surface area contributed by atoms with Crippen LogP contribution in [0.1, 0.15) is 6.42 Å². The maximum Gasteiger partial charge on any atom is 0.202 e. The van der Waals surface area contributed by atoms with E-state index in [4.69, 9.17) is 4.74 Å². The Bertz CT molecular complexity index is 483. The predicted octanol–water partition coefficient (Wildman–Crippen LogP) is 0.376. The summed E-state index contributed by atoms with van der Waals surface area (Å²) in [5.74, 6) is 1.59. The fourth-order valence-corrected chi connectivity index (χ4v) is 4.03. The highest BCUT2D eigenvalue weighted by Gasteiger charge is 2.28. The number of imidazole rings is 1. The Morgan fingerprint density at radius 2 is 2.44 bits per heavy atom. The first-order valence-electron chi connectivity index (χ1n) is 6.05. The first-order chi connectivity index (χ1) is 8.61. The summed E-state index contributed by atoms with van der Waals surface area (Å²) >= 11 is 0. The number of aromatic nitrogens is 2. The zero-order valence-corrected chi connectivity index (χ0v) is 11.3. The van der Waals surface area contributed by atoms with Gasteiger partial charge in [-0.05, 0) is 12.3 Å². The molecule has 0 aliphatic carbocycles. The Balaban J connectivity index is 1.91. The van der Waals surface area contributed by atoms with Gasteiger partial charge in [0.05, 0.1) is 18.1 Å². The minimum absolute atomic E-state index is 0.201. The van der Waals surface area contributed by atoms with Crippen molar-refractivity contribution in [3.8, 4) is 0 Å². The molecule has 1 atom stereocenters. The number of hydrogen-bond acceptors (Lipinski definition) is 5. The Labute approximate surface area is 107 Å². The topological polar surface area (TPSA) is 73.2 Å². The molecule has 7 heteroatoms. The number of nitrogens with zero attached hydrogens (tertiary/aromatic N) is 2. The lowest BCUT2D eigenvalue weighted by atomic mass is 10.1. The average Bonchev–Trinajstić information content (AvgIpc) is 2.87. The highest BCUT2D eigenvalue weighted by atomic mass is 32.2. The van der Waals surface area contributed by atoms with Gasteiger partial charge in [-0.15, -0.1) is 0 Å². The summed E-state index contributed by atoms with van der Waals surface area (Å²) in [6.07, 6.45) is 4.34. The molecule has 18 heavy (non-hydrogen) atoms. The number of rotatable bonds is 6. The van der Waals surface area contributed by atoms with Crippen molar-refractivity contribution in [3.63, 3.8) is 0 Å². The van der Waals surface area contributed by atoms with Crippen LogP contribution in [-0.4, -0.2) is 49.7 Å². The molecule has 1 aliphatic heterocycles. The number of sulfone groups is 1. The molecule has 1 saturated heterocycles. The first-order valence-corrected chi connectivity index (χ1v) is 7.87. The van der Waals surface area contributed by atoms with Gasteiger partial charge in [-0.1, -0.05) is 0 Å². The van der Waals surface area contributed by atoms with Gasteiger partial charge in [0, 0.05) is 32.6 Å². The Hall–Kier alpha value is -1.08. The highest BCUT2D eigenvalue weighted by Crippen LogP contribution is 2.21. The number of anilines is 1. The van der Waals surface area contributed by atoms with E-state index in [0.717, 1.165) is 12.4 Å². The molecule has 1 N–H and O–H groups in total. The second-order valence-electron chi connectivity index (χ2n) is 4.59. The number of nitrogens with one attached hydrogen (secondary N) is 1. The molecule has 0 saturated carbocycles. The van der Waals surface area contributed by atoms with E-state index in [1.165, 1.54) is 0 Å². The van der Waals surface area contributed by atoms with E-state index in [1.807, 2.05) is 10.8 Å². The predicted molar refractivity (Wildman–Crippen MR) is 69.4 cm³/mol. The molecule has 0 amide bonds. The summed E-state index contributed by atoms with van der Waals surface area (Å²) in [6.45, 7) is 2.01. The Kier molecular flexibility index (Phi) is 4.23. The van der Waals surface area contributed by atoms with E-state index in [-0.39, 0.29) is 5.92 Å². The summed E-state index contributed by atoms with van der Waals surface area (Å²) in [6, 6.07) is 0. The van der Waals surface area contributed by atoms with Gasteiger partial charge in [-0.3, -0.25) is 0 Å². The standard InChI is InChI=1S/C11H19N3O3S/c1-17-6-4-13-11-12-3-5-14(11)8-10-2-7-18(15,16)9-10/h3,5,10H,2,4,6-9H2,1H3,(H,12,13). The van der Waals surface area contributed by atoms with E-state index >= 15 is 0 Å². The fraction of sp³-hybridized carbons (Fsp3) is 0.727. The molecule has 1 unspecified atom stereocenters. The number of hydrogen-bond donors (Lipinski definition) is 1. The van der Waals surface area contributed by atoms with Crippen molar-refractivity contribution in [1.29, 1.82) is 0 Å². The molecule has 1 fully saturated rings. The summed E-state index contributed by atoms with van der Waals surface area (Å²) in [5, 5.41) is 3.17. The maximum absolute atomic E-state index is 11.4. The lowest BCUT2D eigenvalue weighted by molar-refractivity contribution is 0.210. The van der Waals surface area contributed by atoms with Crippen molar-refractivity contribution in [3.05, 3.63) is 12.4 Å². The minimum atomic E-state index is -2.81. The van der Waals surface area contributed by atoms with E-state index < -0.39 is 9.84 Å². The SMILES string of the molecule is COCCNc1nccn1CC1CCS(=O)(=O)C1. The zero-order valence-electron chi connectivity index (χ0n) is 10.5. The van der Waals surface area contributed by atoms with Crippen molar-refractivity contribution in [2.45, 2.75) is 13.0 Å². The lowest BCUT2D eigenvalue weighted by Gasteiger charge is -2.12. The summed E-state index contributed by atoms with van der Waals surface area (Å²) in [4.78, 5) is 4.21. The summed E-state index contributed by atoms with van der Waals surface area (Å²) in [7, 11) is -1.16. The molecule has 2 rings (SSSR count). The van der Waals surface area contributed by atoms with Crippen LogP contribution in [-0.2, 0) is 21.1 Å². The van der Waals surface area contributed by atoms with Crippen LogP contribution in [0.2, 0.25) is 0 Å². The molecule has 1 aromatic rings. The second kappa shape index (κ2) is 5.71. The van der Waals surface area contributed by atoms with Gasteiger partial charge < -0.3 is 14.6 Å². The van der Waals surface area contributed by atoms with Crippen LogP contribution in [0, 0.1) is 5.92 Å². The quantitative estimate of drug-likeness (QED) is 0.758. The van der Waals surface area contributed by atoms with Crippen molar-refractivity contribution in [1.82, 2.24) is 9.55 Å². The average molecular weight is 273 g/mol. The number of methoxy groups -OCH3 is 1. The van der Waals surface area contributed by atoms with Crippen LogP contribution in [0.25, 0.3) is 0 Å². The van der Waals surface area contributed by atoms with Crippen LogP contribution in [0.5, 0.6) is 0 Å². The van der Waals surface area contributed by atoms with Crippen molar-refractivity contribution in [2.75, 3.05) is 37.1 Å². The monoisotopic (exact) mass is 273 g/mol. The second-order valence-corrected chi connectivity index (χ2v) is 6.82. The lowest BCUT2D eigenvalue weighted by Crippen LogP contribution is -2.16. The van der Waals surface area contributed by atoms with Crippen molar-refractivity contribution in [2.24, 2.45) is 5.92 Å². The molecule has 0 spiro atoms. The maximum atomic E-state index is 11.4. The first kappa shape index (κ1) is 13.4. The molecule has 0 aromatic carbocycles.